The van der Waals surface area contributed by atoms with E-state index in [0.29, 0.717) is 19.5 Å². The van der Waals surface area contributed by atoms with Crippen LogP contribution in [0.1, 0.15) is 32.8 Å². The summed E-state index contributed by atoms with van der Waals surface area (Å²) in [6.07, 6.45) is 0.844. The van der Waals surface area contributed by atoms with Crippen molar-refractivity contribution < 1.29 is 19.1 Å². The molecule has 1 N–H and O–H groups in total. The lowest BCUT2D eigenvalue weighted by Crippen LogP contribution is -2.36. The van der Waals surface area contributed by atoms with Crippen LogP contribution in [-0.2, 0) is 16.0 Å². The second-order valence-electron chi connectivity index (χ2n) is 7.41. The summed E-state index contributed by atoms with van der Waals surface area (Å²) in [5.74, 6) is 1.13. The molecule has 1 heterocycles. The lowest BCUT2D eigenvalue weighted by Gasteiger charge is -2.21. The van der Waals surface area contributed by atoms with E-state index in [4.69, 9.17) is 9.47 Å². The third-order valence-electron chi connectivity index (χ3n) is 4.06. The number of nitrogens with zero attached hydrogens (tertiary/aromatic N) is 1. The topological polar surface area (TPSA) is 67.9 Å². The van der Waals surface area contributed by atoms with Crippen LogP contribution in [0.2, 0.25) is 0 Å². The van der Waals surface area contributed by atoms with E-state index in [-0.39, 0.29) is 11.8 Å². The van der Waals surface area contributed by atoms with Crippen molar-refractivity contribution in [2.45, 2.75) is 39.2 Å². The molecule has 1 aromatic carbocycles. The minimum atomic E-state index is -0.501. The molecule has 1 unspecified atom stereocenters. The first-order valence-corrected chi connectivity index (χ1v) is 8.64. The Morgan fingerprint density at radius 3 is 2.76 bits per heavy atom. The van der Waals surface area contributed by atoms with E-state index in [2.05, 4.69) is 5.32 Å². The monoisotopic (exact) mass is 348 g/mol. The van der Waals surface area contributed by atoms with Gasteiger partial charge >= 0.3 is 6.09 Å². The standard InChI is InChI=1S/C19H28N2O4/c1-19(2,3)25-18(23)20-12-15-8-9-21(13-15)17(22)11-14-6-5-7-16(10-14)24-4/h5-7,10,15H,8-9,11-13H2,1-4H3,(H,20,23). The molecule has 1 saturated heterocycles. The van der Waals surface area contributed by atoms with Gasteiger partial charge < -0.3 is 19.7 Å². The van der Waals surface area contributed by atoms with Crippen molar-refractivity contribution in [3.8, 4) is 5.75 Å². The number of methoxy groups -OCH3 is 1. The molecule has 6 heteroatoms. The summed E-state index contributed by atoms with van der Waals surface area (Å²) in [5.41, 5.74) is 0.443. The Kier molecular flexibility index (Phi) is 6.28. The molecule has 1 aliphatic rings. The Hall–Kier alpha value is -2.24. The summed E-state index contributed by atoms with van der Waals surface area (Å²) in [4.78, 5) is 26.0. The molecular formula is C19H28N2O4. The SMILES string of the molecule is COc1cccc(CC(=O)N2CCC(CNC(=O)OC(C)(C)C)C2)c1. The maximum absolute atomic E-state index is 12.5. The van der Waals surface area contributed by atoms with Gasteiger partial charge in [-0.2, -0.15) is 0 Å². The number of ether oxygens (including phenoxy) is 2. The molecule has 2 rings (SSSR count). The molecule has 138 valence electrons. The number of rotatable bonds is 5. The van der Waals surface area contributed by atoms with E-state index >= 15 is 0 Å². The number of amides is 2. The average molecular weight is 348 g/mol. The zero-order chi connectivity index (χ0) is 18.4. The average Bonchev–Trinajstić information content (AvgIpc) is 3.00. The first-order valence-electron chi connectivity index (χ1n) is 8.64. The van der Waals surface area contributed by atoms with E-state index in [9.17, 15) is 9.59 Å². The molecule has 0 saturated carbocycles. The van der Waals surface area contributed by atoms with Crippen molar-refractivity contribution in [3.63, 3.8) is 0 Å². The van der Waals surface area contributed by atoms with Gasteiger partial charge in [0.15, 0.2) is 0 Å². The number of hydrogen-bond donors (Lipinski definition) is 1. The van der Waals surface area contributed by atoms with Gasteiger partial charge in [0.05, 0.1) is 13.5 Å². The lowest BCUT2D eigenvalue weighted by molar-refractivity contribution is -0.129. The van der Waals surface area contributed by atoms with Crippen LogP contribution >= 0.6 is 0 Å². The second kappa shape index (κ2) is 8.23. The highest BCUT2D eigenvalue weighted by atomic mass is 16.6. The van der Waals surface area contributed by atoms with Gasteiger partial charge in [-0.1, -0.05) is 12.1 Å². The van der Waals surface area contributed by atoms with Crippen molar-refractivity contribution in [3.05, 3.63) is 29.8 Å². The zero-order valence-electron chi connectivity index (χ0n) is 15.5. The van der Waals surface area contributed by atoms with Gasteiger partial charge in [0.2, 0.25) is 5.91 Å². The van der Waals surface area contributed by atoms with Gasteiger partial charge in [0, 0.05) is 19.6 Å². The number of carbonyl (C=O) groups is 2. The third-order valence-corrected chi connectivity index (χ3v) is 4.06. The largest absolute Gasteiger partial charge is 0.497 e. The molecule has 1 aliphatic heterocycles. The normalized spacial score (nSPS) is 17.3. The van der Waals surface area contributed by atoms with Crippen LogP contribution in [0.3, 0.4) is 0 Å². The Morgan fingerprint density at radius 1 is 1.32 bits per heavy atom. The van der Waals surface area contributed by atoms with Crippen LogP contribution in [0.25, 0.3) is 0 Å². The summed E-state index contributed by atoms with van der Waals surface area (Å²) in [5, 5.41) is 2.79. The lowest BCUT2D eigenvalue weighted by atomic mass is 10.1. The first kappa shape index (κ1) is 19.1. The molecular weight excluding hydrogens is 320 g/mol. The fourth-order valence-electron chi connectivity index (χ4n) is 2.84. The van der Waals surface area contributed by atoms with Gasteiger partial charge in [-0.25, -0.2) is 4.79 Å². The van der Waals surface area contributed by atoms with E-state index in [1.165, 1.54) is 0 Å². The molecule has 6 nitrogen and oxygen atoms in total. The van der Waals surface area contributed by atoms with Crippen LogP contribution in [0.5, 0.6) is 5.75 Å². The molecule has 0 spiro atoms. The number of benzene rings is 1. The maximum atomic E-state index is 12.5. The van der Waals surface area contributed by atoms with Gasteiger partial charge in [0.1, 0.15) is 11.4 Å². The van der Waals surface area contributed by atoms with Gasteiger partial charge in [0.25, 0.3) is 0 Å². The molecule has 0 radical (unpaired) electrons. The first-order chi connectivity index (χ1) is 11.8. The summed E-state index contributed by atoms with van der Waals surface area (Å²) in [7, 11) is 1.61. The molecule has 25 heavy (non-hydrogen) atoms. The van der Waals surface area contributed by atoms with Crippen molar-refractivity contribution in [2.24, 2.45) is 5.92 Å². The Labute approximate surface area is 149 Å². The smallest absolute Gasteiger partial charge is 0.407 e. The van der Waals surface area contributed by atoms with E-state index < -0.39 is 11.7 Å². The van der Waals surface area contributed by atoms with Crippen LogP contribution in [-0.4, -0.2) is 49.2 Å². The summed E-state index contributed by atoms with van der Waals surface area (Å²) < 4.78 is 10.4. The quantitative estimate of drug-likeness (QED) is 0.888. The molecule has 1 aromatic rings. The fourth-order valence-corrected chi connectivity index (χ4v) is 2.84. The van der Waals surface area contributed by atoms with E-state index in [1.807, 2.05) is 49.9 Å². The van der Waals surface area contributed by atoms with Crippen LogP contribution in [0.4, 0.5) is 4.79 Å². The van der Waals surface area contributed by atoms with Crippen molar-refractivity contribution in [1.29, 1.82) is 0 Å². The van der Waals surface area contributed by atoms with Crippen LogP contribution in [0.15, 0.2) is 24.3 Å². The van der Waals surface area contributed by atoms with Gasteiger partial charge in [-0.05, 0) is 50.8 Å². The highest BCUT2D eigenvalue weighted by molar-refractivity contribution is 5.79. The Balaban J connectivity index is 1.77. The second-order valence-corrected chi connectivity index (χ2v) is 7.41. The van der Waals surface area contributed by atoms with Gasteiger partial charge in [-0.15, -0.1) is 0 Å². The Bertz CT molecular complexity index is 610. The highest BCUT2D eigenvalue weighted by Gasteiger charge is 2.27. The minimum absolute atomic E-state index is 0.105. The number of likely N-dealkylation sites (tertiary alicyclic amines) is 1. The predicted octanol–water partition coefficient (Wildman–Crippen LogP) is 2.61. The van der Waals surface area contributed by atoms with E-state index in [0.717, 1.165) is 24.3 Å². The molecule has 1 fully saturated rings. The zero-order valence-corrected chi connectivity index (χ0v) is 15.5. The van der Waals surface area contributed by atoms with Crippen molar-refractivity contribution in [1.82, 2.24) is 10.2 Å². The van der Waals surface area contributed by atoms with Gasteiger partial charge in [-0.3, -0.25) is 4.79 Å². The minimum Gasteiger partial charge on any atom is -0.497 e. The number of nitrogens with one attached hydrogen (secondary N) is 1. The van der Waals surface area contributed by atoms with E-state index in [1.54, 1.807) is 7.11 Å². The Morgan fingerprint density at radius 2 is 2.08 bits per heavy atom. The molecule has 1 atom stereocenters. The summed E-state index contributed by atoms with van der Waals surface area (Å²) >= 11 is 0. The number of alkyl carbamates (subject to hydrolysis) is 1. The molecule has 0 aliphatic carbocycles. The predicted molar refractivity (Wildman–Crippen MR) is 95.6 cm³/mol. The molecule has 0 bridgehead atoms. The number of hydrogen-bond acceptors (Lipinski definition) is 4. The summed E-state index contributed by atoms with van der Waals surface area (Å²) in [6.45, 7) is 7.42. The fraction of sp³-hybridized carbons (Fsp3) is 0.579. The number of carbonyl (C=O) groups excluding carboxylic acids is 2. The van der Waals surface area contributed by atoms with Crippen LogP contribution in [0, 0.1) is 5.92 Å². The highest BCUT2D eigenvalue weighted by Crippen LogP contribution is 2.19. The maximum Gasteiger partial charge on any atom is 0.407 e. The van der Waals surface area contributed by atoms with Crippen molar-refractivity contribution >= 4 is 12.0 Å². The van der Waals surface area contributed by atoms with Crippen molar-refractivity contribution in [2.75, 3.05) is 26.7 Å². The van der Waals surface area contributed by atoms with Crippen LogP contribution < -0.4 is 10.1 Å². The summed E-state index contributed by atoms with van der Waals surface area (Å²) in [6, 6.07) is 7.56. The molecule has 2 amide bonds. The molecule has 0 aromatic heterocycles. The third kappa shape index (κ3) is 6.29.